The average Bonchev–Trinajstić information content (AvgIpc) is 3.01. The lowest BCUT2D eigenvalue weighted by atomic mass is 9.90. The van der Waals surface area contributed by atoms with Crippen LogP contribution < -0.4 is 10.6 Å². The number of anilines is 1. The molecule has 1 aromatic carbocycles. The van der Waals surface area contributed by atoms with E-state index in [-0.39, 0.29) is 5.91 Å². The second-order valence-electron chi connectivity index (χ2n) is 5.96. The molecule has 1 aliphatic rings. The number of rotatable bonds is 4. The number of carbonyl (C=O) groups excluding carboxylic acids is 1. The number of piperidine rings is 1. The molecule has 6 nitrogen and oxygen atoms in total. The summed E-state index contributed by atoms with van der Waals surface area (Å²) in [4.78, 5) is 16.4. The van der Waals surface area contributed by atoms with Gasteiger partial charge in [-0.1, -0.05) is 12.1 Å². The first-order chi connectivity index (χ1) is 10.7. The molecule has 0 aliphatic carbocycles. The van der Waals surface area contributed by atoms with Crippen molar-refractivity contribution in [1.82, 2.24) is 20.1 Å². The Balaban J connectivity index is 1.68. The normalized spacial score (nSPS) is 21.5. The Kier molecular flexibility index (Phi) is 4.20. The van der Waals surface area contributed by atoms with Crippen molar-refractivity contribution in [2.45, 2.75) is 38.3 Å². The second kappa shape index (κ2) is 6.27. The Morgan fingerprint density at radius 3 is 3.09 bits per heavy atom. The van der Waals surface area contributed by atoms with E-state index in [0.717, 1.165) is 37.1 Å². The van der Waals surface area contributed by atoms with Crippen LogP contribution >= 0.6 is 0 Å². The van der Waals surface area contributed by atoms with E-state index in [1.54, 1.807) is 11.0 Å². The molecule has 1 aliphatic heterocycles. The zero-order chi connectivity index (χ0) is 15.4. The van der Waals surface area contributed by atoms with Crippen LogP contribution in [0.1, 0.15) is 31.7 Å². The van der Waals surface area contributed by atoms with Crippen molar-refractivity contribution in [3.05, 3.63) is 42.5 Å². The second-order valence-corrected chi connectivity index (χ2v) is 5.96. The monoisotopic (exact) mass is 299 g/mol. The Labute approximate surface area is 129 Å². The van der Waals surface area contributed by atoms with Gasteiger partial charge in [0.2, 0.25) is 5.91 Å². The summed E-state index contributed by atoms with van der Waals surface area (Å²) >= 11 is 0. The van der Waals surface area contributed by atoms with Crippen LogP contribution in [0.5, 0.6) is 0 Å². The van der Waals surface area contributed by atoms with E-state index in [2.05, 4.69) is 20.7 Å². The molecule has 2 heterocycles. The predicted molar refractivity (Wildman–Crippen MR) is 84.5 cm³/mol. The topological polar surface area (TPSA) is 71.8 Å². The third kappa shape index (κ3) is 3.33. The maximum Gasteiger partial charge on any atom is 0.244 e. The first kappa shape index (κ1) is 14.7. The number of amides is 1. The summed E-state index contributed by atoms with van der Waals surface area (Å²) < 4.78 is 1.75. The van der Waals surface area contributed by atoms with Crippen molar-refractivity contribution in [1.29, 1.82) is 0 Å². The minimum absolute atomic E-state index is 0.0325. The van der Waals surface area contributed by atoms with E-state index in [1.807, 2.05) is 31.2 Å². The fourth-order valence-electron chi connectivity index (χ4n) is 2.77. The maximum atomic E-state index is 12.5. The van der Waals surface area contributed by atoms with Crippen LogP contribution in [0, 0.1) is 0 Å². The van der Waals surface area contributed by atoms with Gasteiger partial charge in [-0.25, -0.2) is 9.67 Å². The van der Waals surface area contributed by atoms with Crippen LogP contribution in [0.15, 0.2) is 36.9 Å². The highest BCUT2D eigenvalue weighted by Gasteiger charge is 2.34. The molecule has 1 unspecified atom stereocenters. The summed E-state index contributed by atoms with van der Waals surface area (Å²) in [7, 11) is 0. The lowest BCUT2D eigenvalue weighted by Crippen LogP contribution is -2.54. The molecule has 0 saturated carbocycles. The van der Waals surface area contributed by atoms with Crippen LogP contribution in [-0.4, -0.2) is 32.8 Å². The van der Waals surface area contributed by atoms with E-state index in [9.17, 15) is 4.79 Å². The Bertz CT molecular complexity index is 632. The third-order valence-electron chi connectivity index (χ3n) is 4.12. The minimum Gasteiger partial charge on any atom is -0.324 e. The van der Waals surface area contributed by atoms with E-state index >= 15 is 0 Å². The van der Waals surface area contributed by atoms with Gasteiger partial charge >= 0.3 is 0 Å². The highest BCUT2D eigenvalue weighted by Crippen LogP contribution is 2.21. The molecule has 1 amide bonds. The molecule has 0 spiro atoms. The number of benzene rings is 1. The van der Waals surface area contributed by atoms with Crippen LogP contribution in [0.25, 0.3) is 0 Å². The molecule has 1 aromatic heterocycles. The first-order valence-corrected chi connectivity index (χ1v) is 7.64. The largest absolute Gasteiger partial charge is 0.324 e. The fourth-order valence-corrected chi connectivity index (χ4v) is 2.77. The highest BCUT2D eigenvalue weighted by molar-refractivity contribution is 5.97. The quantitative estimate of drug-likeness (QED) is 0.903. The fraction of sp³-hybridized carbons (Fsp3) is 0.438. The van der Waals surface area contributed by atoms with Gasteiger partial charge in [-0.05, 0) is 50.4 Å². The number of aromatic nitrogens is 3. The summed E-state index contributed by atoms with van der Waals surface area (Å²) in [5.41, 5.74) is 1.42. The highest BCUT2D eigenvalue weighted by atomic mass is 16.2. The summed E-state index contributed by atoms with van der Waals surface area (Å²) in [6, 6.07) is 7.84. The SMILES string of the molecule is CC1(C(=O)Nc2cccc(Cn3cncn3)c2)CCCCN1. The molecule has 2 N–H and O–H groups in total. The van der Waals surface area contributed by atoms with Gasteiger partial charge in [0.1, 0.15) is 12.7 Å². The molecule has 1 atom stereocenters. The number of nitrogens with zero attached hydrogens (tertiary/aromatic N) is 3. The van der Waals surface area contributed by atoms with Crippen LogP contribution in [0.4, 0.5) is 5.69 Å². The first-order valence-electron chi connectivity index (χ1n) is 7.64. The number of hydrogen-bond acceptors (Lipinski definition) is 4. The standard InChI is InChI=1S/C16H21N5O/c1-16(7-2-3-8-18-16)15(22)20-14-6-4-5-13(9-14)10-21-12-17-11-19-21/h4-6,9,11-12,18H,2-3,7-8,10H2,1H3,(H,20,22). The number of carbonyl (C=O) groups is 1. The summed E-state index contributed by atoms with van der Waals surface area (Å²) in [6.45, 7) is 3.51. The van der Waals surface area contributed by atoms with Crippen LogP contribution in [0.2, 0.25) is 0 Å². The molecule has 1 fully saturated rings. The van der Waals surface area contributed by atoms with E-state index < -0.39 is 5.54 Å². The zero-order valence-electron chi connectivity index (χ0n) is 12.7. The molecular formula is C16H21N5O. The van der Waals surface area contributed by atoms with Crippen molar-refractivity contribution in [3.8, 4) is 0 Å². The summed E-state index contributed by atoms with van der Waals surface area (Å²) in [6.07, 6.45) is 6.29. The maximum absolute atomic E-state index is 12.5. The van der Waals surface area contributed by atoms with E-state index in [4.69, 9.17) is 0 Å². The van der Waals surface area contributed by atoms with Crippen molar-refractivity contribution < 1.29 is 4.79 Å². The Morgan fingerprint density at radius 2 is 2.36 bits per heavy atom. The minimum atomic E-state index is -0.472. The van der Waals surface area contributed by atoms with Gasteiger partial charge in [-0.2, -0.15) is 5.10 Å². The molecular weight excluding hydrogens is 278 g/mol. The van der Waals surface area contributed by atoms with Gasteiger partial charge in [-0.3, -0.25) is 4.79 Å². The molecule has 2 aromatic rings. The van der Waals surface area contributed by atoms with Gasteiger partial charge in [0, 0.05) is 5.69 Å². The molecule has 6 heteroatoms. The Hall–Kier alpha value is -2.21. The van der Waals surface area contributed by atoms with E-state index in [1.165, 1.54) is 6.33 Å². The summed E-state index contributed by atoms with van der Waals surface area (Å²) in [5.74, 6) is 0.0325. The van der Waals surface area contributed by atoms with Crippen LogP contribution in [-0.2, 0) is 11.3 Å². The Morgan fingerprint density at radius 1 is 1.45 bits per heavy atom. The molecule has 3 rings (SSSR count). The van der Waals surface area contributed by atoms with Crippen molar-refractivity contribution in [3.63, 3.8) is 0 Å². The lowest BCUT2D eigenvalue weighted by Gasteiger charge is -2.33. The third-order valence-corrected chi connectivity index (χ3v) is 4.12. The predicted octanol–water partition coefficient (Wildman–Crippen LogP) is 1.80. The zero-order valence-corrected chi connectivity index (χ0v) is 12.7. The number of hydrogen-bond donors (Lipinski definition) is 2. The van der Waals surface area contributed by atoms with Gasteiger partial charge in [0.05, 0.1) is 12.1 Å². The number of nitrogens with one attached hydrogen (secondary N) is 2. The molecule has 0 radical (unpaired) electrons. The smallest absolute Gasteiger partial charge is 0.244 e. The van der Waals surface area contributed by atoms with Crippen molar-refractivity contribution >= 4 is 11.6 Å². The molecule has 116 valence electrons. The van der Waals surface area contributed by atoms with Gasteiger partial charge in [-0.15, -0.1) is 0 Å². The summed E-state index contributed by atoms with van der Waals surface area (Å²) in [5, 5.41) is 10.5. The van der Waals surface area contributed by atoms with Gasteiger partial charge < -0.3 is 10.6 Å². The molecule has 22 heavy (non-hydrogen) atoms. The van der Waals surface area contributed by atoms with Gasteiger partial charge in [0.25, 0.3) is 0 Å². The molecule has 1 saturated heterocycles. The lowest BCUT2D eigenvalue weighted by molar-refractivity contribution is -0.122. The van der Waals surface area contributed by atoms with E-state index in [0.29, 0.717) is 6.54 Å². The van der Waals surface area contributed by atoms with Crippen LogP contribution in [0.3, 0.4) is 0 Å². The average molecular weight is 299 g/mol. The van der Waals surface area contributed by atoms with Crippen molar-refractivity contribution in [2.24, 2.45) is 0 Å². The molecule has 0 bridgehead atoms. The van der Waals surface area contributed by atoms with Gasteiger partial charge in [0.15, 0.2) is 0 Å². The van der Waals surface area contributed by atoms with Crippen molar-refractivity contribution in [2.75, 3.05) is 11.9 Å².